The first-order chi connectivity index (χ1) is 12.6. The Kier molecular flexibility index (Phi) is 7.27. The highest BCUT2D eigenvalue weighted by Gasteiger charge is 2.34. The number of nitrogens with one attached hydrogen (secondary N) is 1. The van der Waals surface area contributed by atoms with Gasteiger partial charge in [0.05, 0.1) is 24.7 Å². The second kappa shape index (κ2) is 9.05. The van der Waals surface area contributed by atoms with Crippen LogP contribution in [-0.2, 0) is 9.53 Å². The molecule has 0 saturated carbocycles. The van der Waals surface area contributed by atoms with Gasteiger partial charge in [0.2, 0.25) is 5.91 Å². The quantitative estimate of drug-likeness (QED) is 0.572. The molecule has 1 aliphatic heterocycles. The van der Waals surface area contributed by atoms with Gasteiger partial charge in [-0.15, -0.1) is 6.58 Å². The molecule has 1 heterocycles. The van der Waals surface area contributed by atoms with E-state index in [0.29, 0.717) is 24.2 Å². The molecule has 2 rings (SSSR count). The molecular weight excluding hydrogens is 334 g/mol. The van der Waals surface area contributed by atoms with E-state index in [1.54, 1.807) is 0 Å². The molecule has 0 spiro atoms. The molecule has 1 amide bonds. The van der Waals surface area contributed by atoms with Crippen LogP contribution in [0.25, 0.3) is 0 Å². The zero-order valence-corrected chi connectivity index (χ0v) is 18.1. The smallest absolute Gasteiger partial charge is 0.223 e. The van der Waals surface area contributed by atoms with E-state index < -0.39 is 0 Å². The van der Waals surface area contributed by atoms with Gasteiger partial charge in [0.15, 0.2) is 0 Å². The van der Waals surface area contributed by atoms with E-state index in [2.05, 4.69) is 72.5 Å². The average molecular weight is 372 g/mol. The fourth-order valence-electron chi connectivity index (χ4n) is 4.03. The molecule has 3 nitrogen and oxygen atoms in total. The number of hydrogen-bond acceptors (Lipinski definition) is 2. The molecule has 1 saturated heterocycles. The van der Waals surface area contributed by atoms with Crippen LogP contribution >= 0.6 is 0 Å². The largest absolute Gasteiger partial charge is 0.368 e. The normalized spacial score (nSPS) is 21.2. The Hall–Kier alpha value is -1.61. The highest BCUT2D eigenvalue weighted by Crippen LogP contribution is 2.38. The van der Waals surface area contributed by atoms with Crippen molar-refractivity contribution in [3.8, 4) is 0 Å². The summed E-state index contributed by atoms with van der Waals surface area (Å²) in [5.74, 6) is 1.42. The fraction of sp³-hybridized carbons (Fsp3) is 0.625. The Labute approximate surface area is 165 Å². The van der Waals surface area contributed by atoms with Crippen molar-refractivity contribution in [3.05, 3.63) is 47.0 Å². The van der Waals surface area contributed by atoms with Crippen LogP contribution in [0.15, 0.2) is 24.8 Å². The molecule has 150 valence electrons. The summed E-state index contributed by atoms with van der Waals surface area (Å²) in [6, 6.07) is 4.74. The van der Waals surface area contributed by atoms with Crippen molar-refractivity contribution in [2.24, 2.45) is 0 Å². The number of carbonyl (C=O) groups is 1. The van der Waals surface area contributed by atoms with Gasteiger partial charge in [-0.3, -0.25) is 4.79 Å². The summed E-state index contributed by atoms with van der Waals surface area (Å²) < 4.78 is 6.48. The first-order valence-electron chi connectivity index (χ1n) is 10.4. The van der Waals surface area contributed by atoms with E-state index in [9.17, 15) is 4.79 Å². The molecule has 1 fully saturated rings. The van der Waals surface area contributed by atoms with Gasteiger partial charge in [0.25, 0.3) is 0 Å². The number of amides is 1. The molecular formula is C24H37NO2. The summed E-state index contributed by atoms with van der Waals surface area (Å²) in [4.78, 5) is 11.9. The molecule has 27 heavy (non-hydrogen) atoms. The van der Waals surface area contributed by atoms with Crippen LogP contribution in [0.3, 0.4) is 0 Å². The predicted octanol–water partition coefficient (Wildman–Crippen LogP) is 5.97. The third-order valence-electron chi connectivity index (χ3n) is 5.56. The van der Waals surface area contributed by atoms with Gasteiger partial charge in [0, 0.05) is 0 Å². The lowest BCUT2D eigenvalue weighted by molar-refractivity contribution is -0.120. The van der Waals surface area contributed by atoms with Gasteiger partial charge in [0.1, 0.15) is 0 Å². The van der Waals surface area contributed by atoms with Crippen molar-refractivity contribution in [3.63, 3.8) is 0 Å². The molecule has 0 aliphatic carbocycles. The minimum Gasteiger partial charge on any atom is -0.368 e. The van der Waals surface area contributed by atoms with Crippen LogP contribution in [0.1, 0.15) is 107 Å². The lowest BCUT2D eigenvalue weighted by Crippen LogP contribution is -2.33. The Morgan fingerprint density at radius 2 is 1.63 bits per heavy atom. The van der Waals surface area contributed by atoms with Gasteiger partial charge in [-0.25, -0.2) is 0 Å². The third-order valence-corrected chi connectivity index (χ3v) is 5.56. The van der Waals surface area contributed by atoms with Gasteiger partial charge >= 0.3 is 0 Å². The van der Waals surface area contributed by atoms with Gasteiger partial charge in [-0.1, -0.05) is 59.8 Å². The van der Waals surface area contributed by atoms with Crippen molar-refractivity contribution >= 4 is 5.91 Å². The minimum absolute atomic E-state index is 0.0254. The third kappa shape index (κ3) is 5.01. The summed E-state index contributed by atoms with van der Waals surface area (Å²) in [5.41, 5.74) is 5.44. The van der Waals surface area contributed by atoms with E-state index in [1.165, 1.54) is 22.3 Å². The molecule has 1 aromatic rings. The molecule has 3 heteroatoms. The van der Waals surface area contributed by atoms with Crippen molar-refractivity contribution in [1.29, 1.82) is 0 Å². The Bertz CT molecular complexity index is 646. The van der Waals surface area contributed by atoms with Gasteiger partial charge < -0.3 is 10.1 Å². The summed E-state index contributed by atoms with van der Waals surface area (Å²) in [5, 5.41) is 3.03. The van der Waals surface area contributed by atoms with Crippen LogP contribution in [0, 0.1) is 0 Å². The van der Waals surface area contributed by atoms with Crippen molar-refractivity contribution in [1.82, 2.24) is 5.32 Å². The monoisotopic (exact) mass is 371 g/mol. The van der Waals surface area contributed by atoms with Gasteiger partial charge in [-0.2, -0.15) is 0 Å². The predicted molar refractivity (Wildman–Crippen MR) is 113 cm³/mol. The van der Waals surface area contributed by atoms with E-state index >= 15 is 0 Å². The first kappa shape index (κ1) is 21.7. The van der Waals surface area contributed by atoms with Crippen molar-refractivity contribution < 1.29 is 9.53 Å². The second-order valence-electron chi connectivity index (χ2n) is 8.80. The van der Waals surface area contributed by atoms with Crippen LogP contribution in [0.5, 0.6) is 0 Å². The van der Waals surface area contributed by atoms with E-state index in [1.807, 2.05) is 6.08 Å². The molecule has 0 radical (unpaired) electrons. The topological polar surface area (TPSA) is 38.3 Å². The maximum absolute atomic E-state index is 11.9. The van der Waals surface area contributed by atoms with E-state index in [4.69, 9.17) is 4.74 Å². The Morgan fingerprint density at radius 1 is 1.07 bits per heavy atom. The highest BCUT2D eigenvalue weighted by molar-refractivity contribution is 5.79. The highest BCUT2D eigenvalue weighted by atomic mass is 16.5. The van der Waals surface area contributed by atoms with Crippen LogP contribution < -0.4 is 5.32 Å². The molecule has 1 unspecified atom stereocenters. The van der Waals surface area contributed by atoms with Crippen LogP contribution in [-0.4, -0.2) is 18.1 Å². The summed E-state index contributed by atoms with van der Waals surface area (Å²) in [6.45, 7) is 19.5. The summed E-state index contributed by atoms with van der Waals surface area (Å²) in [7, 11) is 0. The first-order valence-corrected chi connectivity index (χ1v) is 10.4. The second-order valence-corrected chi connectivity index (χ2v) is 8.80. The van der Waals surface area contributed by atoms with E-state index in [0.717, 1.165) is 6.42 Å². The molecule has 0 aromatic heterocycles. The number of hydrogen-bond donors (Lipinski definition) is 1. The SMILES string of the molecule is C=CC[C@H]1NC(=O)C[C@H]1OC(C)c1c(C(C)C)cc(C(C)C)cc1C(C)C. The Balaban J connectivity index is 2.42. The lowest BCUT2D eigenvalue weighted by atomic mass is 9.82. The number of rotatable bonds is 8. The summed E-state index contributed by atoms with van der Waals surface area (Å²) >= 11 is 0. The molecule has 1 N–H and O–H groups in total. The van der Waals surface area contributed by atoms with Crippen LogP contribution in [0.4, 0.5) is 0 Å². The van der Waals surface area contributed by atoms with E-state index in [-0.39, 0.29) is 24.2 Å². The van der Waals surface area contributed by atoms with Gasteiger partial charge in [-0.05, 0) is 53.4 Å². The average Bonchev–Trinajstić information content (AvgIpc) is 2.92. The zero-order chi connectivity index (χ0) is 20.3. The molecule has 0 bridgehead atoms. The molecule has 1 aliphatic rings. The number of benzene rings is 1. The molecule has 3 atom stereocenters. The number of ether oxygens (including phenoxy) is 1. The standard InChI is InChI=1S/C24H37NO2/c1-9-10-21-22(13-23(26)25-21)27-17(8)24-19(15(4)5)11-18(14(2)3)12-20(24)16(6)7/h9,11-12,14-17,21-22H,1,10,13H2,2-8H3,(H,25,26)/t17?,21-,22-/m1/s1. The van der Waals surface area contributed by atoms with Crippen molar-refractivity contribution in [2.45, 2.75) is 97.3 Å². The molecule has 1 aromatic carbocycles. The van der Waals surface area contributed by atoms with Crippen molar-refractivity contribution in [2.75, 3.05) is 0 Å². The number of carbonyl (C=O) groups excluding carboxylic acids is 1. The minimum atomic E-state index is -0.102. The maximum atomic E-state index is 11.9. The summed E-state index contributed by atoms with van der Waals surface area (Å²) in [6.07, 6.45) is 2.87. The maximum Gasteiger partial charge on any atom is 0.223 e. The zero-order valence-electron chi connectivity index (χ0n) is 18.1. The van der Waals surface area contributed by atoms with Crippen LogP contribution in [0.2, 0.25) is 0 Å². The fourth-order valence-corrected chi connectivity index (χ4v) is 4.03. The Morgan fingerprint density at radius 3 is 2.07 bits per heavy atom. The lowest BCUT2D eigenvalue weighted by Gasteiger charge is -2.29.